The van der Waals surface area contributed by atoms with Crippen LogP contribution in [0.3, 0.4) is 0 Å². The van der Waals surface area contributed by atoms with E-state index in [1.807, 2.05) is 55.5 Å². The molecule has 4 aromatic carbocycles. The molecule has 46 heavy (non-hydrogen) atoms. The Morgan fingerprint density at radius 2 is 1.39 bits per heavy atom. The number of nitrogens with two attached hydrogens (primary N) is 1. The van der Waals surface area contributed by atoms with E-state index in [1.54, 1.807) is 30.3 Å². The Morgan fingerprint density at radius 3 is 2.04 bits per heavy atom. The molecule has 0 radical (unpaired) electrons. The summed E-state index contributed by atoms with van der Waals surface area (Å²) >= 11 is 0. The molecule has 8 nitrogen and oxygen atoms in total. The zero-order valence-corrected chi connectivity index (χ0v) is 25.6. The van der Waals surface area contributed by atoms with Gasteiger partial charge in [-0.3, -0.25) is 14.4 Å². The number of nitrogens with one attached hydrogen (secondary N) is 3. The van der Waals surface area contributed by atoms with Crippen LogP contribution >= 0.6 is 0 Å². The maximum atomic E-state index is 14.1. The van der Waals surface area contributed by atoms with Crippen molar-refractivity contribution >= 4 is 17.7 Å². The van der Waals surface area contributed by atoms with E-state index in [1.165, 1.54) is 6.07 Å². The van der Waals surface area contributed by atoms with Crippen molar-refractivity contribution < 1.29 is 27.9 Å². The summed E-state index contributed by atoms with van der Waals surface area (Å²) < 4.78 is 33.2. The molecule has 0 fully saturated rings. The van der Waals surface area contributed by atoms with Gasteiger partial charge in [-0.15, -0.1) is 0 Å². The first kappa shape index (κ1) is 33.8. The Labute approximate surface area is 267 Å². The molecule has 0 unspecified atom stereocenters. The normalized spacial score (nSPS) is 12.1. The number of amides is 3. The molecule has 10 heteroatoms. The van der Waals surface area contributed by atoms with Crippen LogP contribution in [0.5, 0.6) is 5.75 Å². The molecule has 0 saturated heterocycles. The average molecular weight is 629 g/mol. The minimum atomic E-state index is -1.15. The largest absolute Gasteiger partial charge is 0.494 e. The molecule has 0 aliphatic carbocycles. The second-order valence-corrected chi connectivity index (χ2v) is 10.8. The molecule has 0 bridgehead atoms. The standard InChI is InChI=1S/C36H38F2N4O4/c1-2-46-29-16-12-24(13-17-29)15-19-32(41-34(43)28-6-4-3-5-7-28)36(45)42-33(21-27-14-18-30(37)31(38)20-27)35(44)40-23-26-10-8-25(22-39)9-11-26/h3-14,16-18,20,32-33H,2,15,19,21-23,39H2,1H3,(H,40,44)(H,41,43)(H,42,45)/t32-,33+/m1/s1. The summed E-state index contributed by atoms with van der Waals surface area (Å²) in [6.07, 6.45) is 0.558. The number of carbonyl (C=O) groups excluding carboxylic acids is 3. The molecule has 0 aliphatic rings. The van der Waals surface area contributed by atoms with Crippen molar-refractivity contribution in [1.82, 2.24) is 16.0 Å². The van der Waals surface area contributed by atoms with Crippen molar-refractivity contribution in [2.24, 2.45) is 5.73 Å². The quantitative estimate of drug-likeness (QED) is 0.153. The third kappa shape index (κ3) is 9.97. The summed E-state index contributed by atoms with van der Waals surface area (Å²) in [7, 11) is 0. The lowest BCUT2D eigenvalue weighted by atomic mass is 10.0. The van der Waals surface area contributed by atoms with Crippen LogP contribution in [0.1, 0.15) is 46.0 Å². The fraction of sp³-hybridized carbons (Fsp3) is 0.250. The molecule has 3 amide bonds. The number of rotatable bonds is 15. The van der Waals surface area contributed by atoms with Gasteiger partial charge in [-0.2, -0.15) is 0 Å². The van der Waals surface area contributed by atoms with Gasteiger partial charge in [0, 0.05) is 25.1 Å². The molecule has 4 aromatic rings. The molecule has 5 N–H and O–H groups in total. The van der Waals surface area contributed by atoms with Crippen LogP contribution in [0.25, 0.3) is 0 Å². The van der Waals surface area contributed by atoms with Crippen LogP contribution in [-0.2, 0) is 35.5 Å². The zero-order chi connectivity index (χ0) is 32.9. The molecule has 0 aromatic heterocycles. The molecule has 2 atom stereocenters. The summed E-state index contributed by atoms with van der Waals surface area (Å²) in [4.78, 5) is 40.3. The van der Waals surface area contributed by atoms with Gasteiger partial charge in [0.2, 0.25) is 11.8 Å². The molecular formula is C36H38F2N4O4. The van der Waals surface area contributed by atoms with E-state index in [9.17, 15) is 23.2 Å². The summed E-state index contributed by atoms with van der Waals surface area (Å²) in [5, 5.41) is 8.37. The molecule has 240 valence electrons. The van der Waals surface area contributed by atoms with Crippen LogP contribution in [0, 0.1) is 11.6 Å². The third-order valence-electron chi connectivity index (χ3n) is 7.40. The number of ether oxygens (including phenoxy) is 1. The summed E-state index contributed by atoms with van der Waals surface area (Å²) in [5.41, 5.74) is 9.03. The highest BCUT2D eigenvalue weighted by molar-refractivity contribution is 5.98. The predicted octanol–water partition coefficient (Wildman–Crippen LogP) is 4.60. The molecule has 0 saturated carbocycles. The molecule has 0 heterocycles. The lowest BCUT2D eigenvalue weighted by Crippen LogP contribution is -2.54. The minimum Gasteiger partial charge on any atom is -0.494 e. The van der Waals surface area contributed by atoms with Crippen molar-refractivity contribution in [2.75, 3.05) is 6.61 Å². The van der Waals surface area contributed by atoms with E-state index < -0.39 is 41.4 Å². The van der Waals surface area contributed by atoms with Gasteiger partial charge in [-0.05, 0) is 78.4 Å². The molecular weight excluding hydrogens is 590 g/mol. The Morgan fingerprint density at radius 1 is 0.739 bits per heavy atom. The smallest absolute Gasteiger partial charge is 0.251 e. The maximum Gasteiger partial charge on any atom is 0.251 e. The highest BCUT2D eigenvalue weighted by atomic mass is 19.2. The van der Waals surface area contributed by atoms with E-state index in [4.69, 9.17) is 10.5 Å². The summed E-state index contributed by atoms with van der Waals surface area (Å²) in [5.74, 6) is -2.93. The lowest BCUT2D eigenvalue weighted by molar-refractivity contribution is -0.130. The van der Waals surface area contributed by atoms with Gasteiger partial charge in [0.15, 0.2) is 11.6 Å². The fourth-order valence-corrected chi connectivity index (χ4v) is 4.82. The molecule has 0 aliphatic heterocycles. The van der Waals surface area contributed by atoms with E-state index in [0.717, 1.165) is 34.6 Å². The Balaban J connectivity index is 1.53. The molecule has 0 spiro atoms. The number of aryl methyl sites for hydroxylation is 1. The van der Waals surface area contributed by atoms with Gasteiger partial charge in [-0.25, -0.2) is 8.78 Å². The van der Waals surface area contributed by atoms with Crippen LogP contribution < -0.4 is 26.4 Å². The summed E-state index contributed by atoms with van der Waals surface area (Å²) in [6, 6.07) is 24.5. The highest BCUT2D eigenvalue weighted by Crippen LogP contribution is 2.16. The highest BCUT2D eigenvalue weighted by Gasteiger charge is 2.27. The van der Waals surface area contributed by atoms with Gasteiger partial charge in [0.05, 0.1) is 6.61 Å². The van der Waals surface area contributed by atoms with Gasteiger partial charge < -0.3 is 26.4 Å². The van der Waals surface area contributed by atoms with Crippen molar-refractivity contribution in [3.8, 4) is 5.75 Å². The Kier molecular flexibility index (Phi) is 12.4. The number of hydrogen-bond donors (Lipinski definition) is 4. The minimum absolute atomic E-state index is 0.112. The topological polar surface area (TPSA) is 123 Å². The van der Waals surface area contributed by atoms with Crippen LogP contribution in [0.15, 0.2) is 97.1 Å². The van der Waals surface area contributed by atoms with E-state index in [2.05, 4.69) is 16.0 Å². The van der Waals surface area contributed by atoms with Crippen LogP contribution in [0.4, 0.5) is 8.78 Å². The van der Waals surface area contributed by atoms with Crippen molar-refractivity contribution in [3.05, 3.63) is 137 Å². The monoisotopic (exact) mass is 628 g/mol. The first-order valence-corrected chi connectivity index (χ1v) is 15.1. The Hall–Kier alpha value is -5.09. The van der Waals surface area contributed by atoms with E-state index in [0.29, 0.717) is 30.7 Å². The van der Waals surface area contributed by atoms with Crippen molar-refractivity contribution in [1.29, 1.82) is 0 Å². The second-order valence-electron chi connectivity index (χ2n) is 10.8. The van der Waals surface area contributed by atoms with Crippen molar-refractivity contribution in [3.63, 3.8) is 0 Å². The van der Waals surface area contributed by atoms with Gasteiger partial charge in [-0.1, -0.05) is 60.7 Å². The van der Waals surface area contributed by atoms with Crippen LogP contribution in [0.2, 0.25) is 0 Å². The van der Waals surface area contributed by atoms with Gasteiger partial charge in [0.25, 0.3) is 5.91 Å². The molecule has 4 rings (SSSR count). The SMILES string of the molecule is CCOc1ccc(CC[C@@H](NC(=O)c2ccccc2)C(=O)N[C@@H](Cc2ccc(F)c(F)c2)C(=O)NCc2ccc(CN)cc2)cc1. The number of carbonyl (C=O) groups is 3. The van der Waals surface area contributed by atoms with E-state index >= 15 is 0 Å². The zero-order valence-electron chi connectivity index (χ0n) is 25.6. The summed E-state index contributed by atoms with van der Waals surface area (Å²) in [6.45, 7) is 2.98. The fourth-order valence-electron chi connectivity index (χ4n) is 4.82. The number of hydrogen-bond acceptors (Lipinski definition) is 5. The number of benzene rings is 4. The maximum absolute atomic E-state index is 14.1. The first-order valence-electron chi connectivity index (χ1n) is 15.1. The average Bonchev–Trinajstić information content (AvgIpc) is 3.08. The first-order chi connectivity index (χ1) is 22.2. The van der Waals surface area contributed by atoms with Gasteiger partial charge in [0.1, 0.15) is 17.8 Å². The third-order valence-corrected chi connectivity index (χ3v) is 7.40. The second kappa shape index (κ2) is 16.8. The number of halogens is 2. The predicted molar refractivity (Wildman–Crippen MR) is 172 cm³/mol. The van der Waals surface area contributed by atoms with Gasteiger partial charge >= 0.3 is 0 Å². The lowest BCUT2D eigenvalue weighted by Gasteiger charge is -2.24. The van der Waals surface area contributed by atoms with E-state index in [-0.39, 0.29) is 19.4 Å². The van der Waals surface area contributed by atoms with Crippen LogP contribution in [-0.4, -0.2) is 36.4 Å². The van der Waals surface area contributed by atoms with Crippen molar-refractivity contribution in [2.45, 2.75) is 51.4 Å². The Bertz CT molecular complexity index is 1600.